The van der Waals surface area contributed by atoms with Gasteiger partial charge in [-0.15, -0.1) is 0 Å². The summed E-state index contributed by atoms with van der Waals surface area (Å²) in [5.74, 6) is 0.706. The van der Waals surface area contributed by atoms with Crippen molar-refractivity contribution in [2.75, 3.05) is 18.0 Å². The second-order valence-corrected chi connectivity index (χ2v) is 7.74. The summed E-state index contributed by atoms with van der Waals surface area (Å²) < 4.78 is 0.910. The molecule has 1 saturated heterocycles. The molecule has 1 aliphatic heterocycles. The number of hydrogen-bond donors (Lipinski definition) is 4. The number of β-amino-alcohol motifs (C(OH)–C–C–N with tert-alkyl or cyclic N) is 1. The molecule has 1 aliphatic rings. The minimum Gasteiger partial charge on any atom is -0.389 e. The molecule has 4 rings (SSSR count). The molecule has 3 aromatic rings. The van der Waals surface area contributed by atoms with Crippen LogP contribution in [0, 0.1) is 0 Å². The molecule has 9 nitrogen and oxygen atoms in total. The number of nitrogens with one attached hydrogen (secondary N) is 3. The van der Waals surface area contributed by atoms with Crippen molar-refractivity contribution in [3.05, 3.63) is 37.1 Å². The highest BCUT2D eigenvalue weighted by Crippen LogP contribution is 2.37. The number of fused-ring (bicyclic) bond motifs is 1. The Balaban J connectivity index is 1.82. The van der Waals surface area contributed by atoms with Crippen LogP contribution in [0.15, 0.2) is 30.3 Å². The normalized spacial score (nSPS) is 14.8. The number of H-pyrrole nitrogens is 3. The maximum atomic E-state index is 11.5. The number of nitrogens with zero attached hydrogens (tertiary/aromatic N) is 3. The number of aliphatic hydroxyl groups is 1. The summed E-state index contributed by atoms with van der Waals surface area (Å²) in [5, 5.41) is 11.3. The lowest BCUT2D eigenvalue weighted by molar-refractivity contribution is 0.141. The van der Waals surface area contributed by atoms with E-state index < -0.39 is 11.2 Å². The molecule has 11 heteroatoms. The molecule has 0 saturated carbocycles. The molecule has 0 atom stereocenters. The Labute approximate surface area is 159 Å². The Hall–Kier alpha value is -2.11. The fraction of sp³-hybridized carbons (Fsp3) is 0.333. The van der Waals surface area contributed by atoms with Crippen LogP contribution >= 0.6 is 27.7 Å². The molecule has 26 heavy (non-hydrogen) atoms. The van der Waals surface area contributed by atoms with Gasteiger partial charge in [0.05, 0.1) is 21.0 Å². The van der Waals surface area contributed by atoms with E-state index in [1.807, 2.05) is 11.8 Å². The molecule has 0 aliphatic carbocycles. The molecule has 0 spiro atoms. The van der Waals surface area contributed by atoms with Gasteiger partial charge in [-0.2, -0.15) is 0 Å². The number of aromatic nitrogens is 5. The van der Waals surface area contributed by atoms with E-state index in [-0.39, 0.29) is 6.10 Å². The first-order valence-electron chi connectivity index (χ1n) is 7.97. The van der Waals surface area contributed by atoms with Crippen LogP contribution in [-0.4, -0.2) is 49.2 Å². The molecular formula is C15H15BrN6O3S. The Morgan fingerprint density at radius 3 is 2.73 bits per heavy atom. The SMILES string of the molecule is CCc1[nH]c2nc(Sc3cc(=O)[nH]c(=O)[nH]3)nc(N3CC(O)C3)c2c1Br. The first-order valence-corrected chi connectivity index (χ1v) is 9.58. The van der Waals surface area contributed by atoms with Gasteiger partial charge in [0, 0.05) is 24.8 Å². The van der Waals surface area contributed by atoms with E-state index in [9.17, 15) is 14.7 Å². The molecule has 4 heterocycles. The van der Waals surface area contributed by atoms with Crippen molar-refractivity contribution in [3.8, 4) is 0 Å². The van der Waals surface area contributed by atoms with Crippen molar-refractivity contribution in [2.45, 2.75) is 29.6 Å². The third-order valence-corrected chi connectivity index (χ3v) is 5.76. The van der Waals surface area contributed by atoms with E-state index >= 15 is 0 Å². The van der Waals surface area contributed by atoms with Crippen molar-refractivity contribution in [3.63, 3.8) is 0 Å². The van der Waals surface area contributed by atoms with Gasteiger partial charge in [0.2, 0.25) is 0 Å². The molecular weight excluding hydrogens is 424 g/mol. The van der Waals surface area contributed by atoms with E-state index in [1.165, 1.54) is 6.07 Å². The van der Waals surface area contributed by atoms with E-state index in [0.717, 1.165) is 33.7 Å². The molecule has 4 N–H and O–H groups in total. The van der Waals surface area contributed by atoms with Gasteiger partial charge < -0.3 is 20.0 Å². The minimum absolute atomic E-state index is 0.356. The van der Waals surface area contributed by atoms with Gasteiger partial charge >= 0.3 is 5.69 Å². The quantitative estimate of drug-likeness (QED) is 0.352. The topological polar surface area (TPSA) is 131 Å². The van der Waals surface area contributed by atoms with Crippen molar-refractivity contribution >= 4 is 44.5 Å². The lowest BCUT2D eigenvalue weighted by atomic mass is 10.1. The van der Waals surface area contributed by atoms with Gasteiger partial charge in [0.25, 0.3) is 5.56 Å². The van der Waals surface area contributed by atoms with Crippen LogP contribution in [-0.2, 0) is 6.42 Å². The summed E-state index contributed by atoms with van der Waals surface area (Å²) in [4.78, 5) is 42.0. The largest absolute Gasteiger partial charge is 0.389 e. The fourth-order valence-electron chi connectivity index (χ4n) is 2.82. The van der Waals surface area contributed by atoms with Crippen LogP contribution in [0.1, 0.15) is 12.6 Å². The number of halogens is 1. The molecule has 0 amide bonds. The van der Waals surface area contributed by atoms with Crippen molar-refractivity contribution in [1.82, 2.24) is 24.9 Å². The Morgan fingerprint density at radius 2 is 2.08 bits per heavy atom. The van der Waals surface area contributed by atoms with E-state index in [2.05, 4.69) is 40.8 Å². The molecule has 0 unspecified atom stereocenters. The second kappa shape index (κ2) is 6.56. The second-order valence-electron chi connectivity index (χ2n) is 5.94. The Morgan fingerprint density at radius 1 is 1.31 bits per heavy atom. The third-order valence-electron chi connectivity index (χ3n) is 4.08. The van der Waals surface area contributed by atoms with Crippen molar-refractivity contribution in [2.24, 2.45) is 0 Å². The number of aromatic amines is 3. The third kappa shape index (κ3) is 3.06. The fourth-order valence-corrected chi connectivity index (χ4v) is 4.34. The predicted octanol–water partition coefficient (Wildman–Crippen LogP) is 0.991. The van der Waals surface area contributed by atoms with Crippen molar-refractivity contribution < 1.29 is 5.11 Å². The first-order chi connectivity index (χ1) is 12.4. The zero-order valence-electron chi connectivity index (χ0n) is 13.7. The number of aryl methyl sites for hydroxylation is 1. The van der Waals surface area contributed by atoms with Gasteiger partial charge in [-0.05, 0) is 34.1 Å². The highest BCUT2D eigenvalue weighted by atomic mass is 79.9. The van der Waals surface area contributed by atoms with Gasteiger partial charge in [-0.3, -0.25) is 9.78 Å². The van der Waals surface area contributed by atoms with Gasteiger partial charge in [0.1, 0.15) is 11.5 Å². The maximum absolute atomic E-state index is 11.5. The summed E-state index contributed by atoms with van der Waals surface area (Å²) >= 11 is 4.71. The monoisotopic (exact) mass is 438 g/mol. The maximum Gasteiger partial charge on any atom is 0.326 e. The molecule has 3 aromatic heterocycles. The zero-order valence-corrected chi connectivity index (χ0v) is 16.1. The van der Waals surface area contributed by atoms with Gasteiger partial charge in [-0.1, -0.05) is 6.92 Å². The minimum atomic E-state index is -0.581. The highest BCUT2D eigenvalue weighted by Gasteiger charge is 2.29. The van der Waals surface area contributed by atoms with Crippen LogP contribution in [0.5, 0.6) is 0 Å². The average Bonchev–Trinajstić information content (AvgIpc) is 2.86. The van der Waals surface area contributed by atoms with E-state index in [4.69, 9.17) is 0 Å². The van der Waals surface area contributed by atoms with Crippen LogP contribution in [0.25, 0.3) is 11.0 Å². The van der Waals surface area contributed by atoms with E-state index in [1.54, 1.807) is 0 Å². The van der Waals surface area contributed by atoms with E-state index in [0.29, 0.717) is 34.7 Å². The first kappa shape index (κ1) is 17.3. The number of hydrogen-bond acceptors (Lipinski definition) is 7. The summed E-state index contributed by atoms with van der Waals surface area (Å²) in [6, 6.07) is 1.29. The van der Waals surface area contributed by atoms with Crippen LogP contribution in [0.2, 0.25) is 0 Å². The number of aliphatic hydroxyl groups excluding tert-OH is 1. The van der Waals surface area contributed by atoms with Crippen LogP contribution < -0.4 is 16.1 Å². The number of rotatable bonds is 4. The predicted molar refractivity (Wildman–Crippen MR) is 101 cm³/mol. The van der Waals surface area contributed by atoms with Crippen molar-refractivity contribution in [1.29, 1.82) is 0 Å². The molecule has 1 fully saturated rings. The number of anilines is 1. The van der Waals surface area contributed by atoms with Crippen LogP contribution in [0.4, 0.5) is 5.82 Å². The summed E-state index contributed by atoms with van der Waals surface area (Å²) in [5.41, 5.74) is 0.598. The summed E-state index contributed by atoms with van der Waals surface area (Å²) in [7, 11) is 0. The molecule has 136 valence electrons. The molecule has 0 bridgehead atoms. The summed E-state index contributed by atoms with van der Waals surface area (Å²) in [6.07, 6.45) is 0.423. The van der Waals surface area contributed by atoms with Gasteiger partial charge in [-0.25, -0.2) is 14.8 Å². The Kier molecular flexibility index (Phi) is 4.37. The smallest absolute Gasteiger partial charge is 0.326 e. The average molecular weight is 439 g/mol. The zero-order chi connectivity index (χ0) is 18.4. The summed E-state index contributed by atoms with van der Waals surface area (Å²) in [6.45, 7) is 3.03. The Bertz CT molecular complexity index is 1070. The molecule has 0 aromatic carbocycles. The standard InChI is InChI=1S/C15H15BrN6O3S/c1-2-7-11(16)10-12(17-7)20-15(21-13(10)22-4-6(23)5-22)26-9-3-8(24)18-14(25)19-9/h3,6,23H,2,4-5H2,1H3,(H,17,20,21)(H2,18,19,24,25). The highest BCUT2D eigenvalue weighted by molar-refractivity contribution is 9.10. The molecule has 0 radical (unpaired) electrons. The van der Waals surface area contributed by atoms with Gasteiger partial charge in [0.15, 0.2) is 5.16 Å². The lowest BCUT2D eigenvalue weighted by Crippen LogP contribution is -2.51. The van der Waals surface area contributed by atoms with Crippen LogP contribution in [0.3, 0.4) is 0 Å². The lowest BCUT2D eigenvalue weighted by Gasteiger charge is -2.37.